The fourth-order valence-electron chi connectivity index (χ4n) is 3.17. The number of nitrogens with zero attached hydrogens (tertiary/aromatic N) is 1. The van der Waals surface area contributed by atoms with Gasteiger partial charge < -0.3 is 10.1 Å². The smallest absolute Gasteiger partial charge is 0.326 e. The molecule has 3 amide bonds. The molecule has 1 aliphatic heterocycles. The van der Waals surface area contributed by atoms with Gasteiger partial charge in [-0.25, -0.2) is 4.79 Å². The molecular formula is C16H17BrN2O5S. The molecule has 1 N–H and O–H groups in total. The van der Waals surface area contributed by atoms with Gasteiger partial charge in [-0.3, -0.25) is 19.3 Å². The molecular weight excluding hydrogens is 412 g/mol. The van der Waals surface area contributed by atoms with Gasteiger partial charge in [-0.2, -0.15) is 0 Å². The molecule has 1 spiro atoms. The van der Waals surface area contributed by atoms with Crippen LogP contribution < -0.4 is 5.32 Å². The van der Waals surface area contributed by atoms with E-state index in [0.717, 1.165) is 27.9 Å². The fourth-order valence-corrected chi connectivity index (χ4v) is 4.48. The van der Waals surface area contributed by atoms with E-state index in [9.17, 15) is 19.2 Å². The lowest BCUT2D eigenvalue weighted by atomic mass is 9.82. The van der Waals surface area contributed by atoms with Crippen LogP contribution in [0.3, 0.4) is 0 Å². The molecule has 0 radical (unpaired) electrons. The first-order chi connectivity index (χ1) is 11.9. The summed E-state index contributed by atoms with van der Waals surface area (Å²) in [5, 5.41) is 2.73. The fraction of sp³-hybridized carbons (Fsp3) is 0.500. The van der Waals surface area contributed by atoms with Crippen molar-refractivity contribution in [2.24, 2.45) is 0 Å². The number of thiophene rings is 1. The second-order valence-electron chi connectivity index (χ2n) is 6.15. The number of ether oxygens (including phenoxy) is 1. The van der Waals surface area contributed by atoms with Gasteiger partial charge >= 0.3 is 12.0 Å². The molecule has 1 aromatic rings. The number of carbonyl (C=O) groups excluding carboxylic acids is 4. The Morgan fingerprint density at radius 1 is 1.24 bits per heavy atom. The number of Topliss-reactive ketones (excluding diaryl/α,β-unsaturated/α-hetero) is 1. The summed E-state index contributed by atoms with van der Waals surface area (Å²) in [7, 11) is 0. The van der Waals surface area contributed by atoms with Gasteiger partial charge in [0, 0.05) is 0 Å². The maximum atomic E-state index is 12.6. The highest BCUT2D eigenvalue weighted by Gasteiger charge is 2.51. The van der Waals surface area contributed by atoms with Gasteiger partial charge in [-0.15, -0.1) is 11.3 Å². The van der Waals surface area contributed by atoms with Gasteiger partial charge in [0.2, 0.25) is 5.78 Å². The molecule has 0 aromatic carbocycles. The molecule has 2 heterocycles. The van der Waals surface area contributed by atoms with Crippen LogP contribution in [0.1, 0.15) is 41.8 Å². The Hall–Kier alpha value is -1.74. The van der Waals surface area contributed by atoms with E-state index in [-0.39, 0.29) is 11.7 Å². The predicted octanol–water partition coefficient (Wildman–Crippen LogP) is 2.49. The zero-order chi connectivity index (χ0) is 18.0. The standard InChI is InChI=1S/C16H17BrN2O5S/c17-12-5-4-11(25-12)10(20)9-24-13(21)8-19-14(22)16(18-15(19)23)6-2-1-3-7-16/h4-5H,1-3,6-9H2,(H,18,23). The summed E-state index contributed by atoms with van der Waals surface area (Å²) in [5.41, 5.74) is -0.866. The lowest BCUT2D eigenvalue weighted by Gasteiger charge is -2.30. The van der Waals surface area contributed by atoms with Crippen LogP contribution in [0.2, 0.25) is 0 Å². The van der Waals surface area contributed by atoms with Crippen molar-refractivity contribution in [2.45, 2.75) is 37.6 Å². The minimum Gasteiger partial charge on any atom is -0.456 e. The molecule has 1 aromatic heterocycles. The third kappa shape index (κ3) is 3.77. The number of imide groups is 1. The van der Waals surface area contributed by atoms with Crippen LogP contribution in [-0.2, 0) is 14.3 Å². The van der Waals surface area contributed by atoms with Crippen molar-refractivity contribution in [3.8, 4) is 0 Å². The Labute approximate surface area is 156 Å². The molecule has 7 nitrogen and oxygen atoms in total. The van der Waals surface area contributed by atoms with E-state index in [1.165, 1.54) is 11.3 Å². The number of hydrogen-bond acceptors (Lipinski definition) is 6. The average molecular weight is 429 g/mol. The molecule has 134 valence electrons. The molecule has 2 fully saturated rings. The summed E-state index contributed by atoms with van der Waals surface area (Å²) >= 11 is 4.50. The third-order valence-corrected chi connectivity index (χ3v) is 6.12. The molecule has 9 heteroatoms. The van der Waals surface area contributed by atoms with E-state index in [0.29, 0.717) is 17.7 Å². The molecule has 0 bridgehead atoms. The maximum Gasteiger partial charge on any atom is 0.326 e. The van der Waals surface area contributed by atoms with Crippen molar-refractivity contribution in [1.82, 2.24) is 10.2 Å². The van der Waals surface area contributed by atoms with Gasteiger partial charge in [0.25, 0.3) is 5.91 Å². The Morgan fingerprint density at radius 3 is 2.60 bits per heavy atom. The highest BCUT2D eigenvalue weighted by atomic mass is 79.9. The quantitative estimate of drug-likeness (QED) is 0.441. The Balaban J connectivity index is 1.55. The van der Waals surface area contributed by atoms with Crippen LogP contribution in [0.5, 0.6) is 0 Å². The first kappa shape index (κ1) is 18.1. The largest absolute Gasteiger partial charge is 0.456 e. The molecule has 1 saturated carbocycles. The summed E-state index contributed by atoms with van der Waals surface area (Å²) in [6.07, 6.45) is 3.96. The van der Waals surface area contributed by atoms with Crippen molar-refractivity contribution in [3.05, 3.63) is 20.8 Å². The molecule has 1 saturated heterocycles. The number of rotatable bonds is 5. The van der Waals surface area contributed by atoms with Gasteiger partial charge in [0.15, 0.2) is 6.61 Å². The molecule has 25 heavy (non-hydrogen) atoms. The first-order valence-corrected chi connectivity index (χ1v) is 9.60. The third-order valence-electron chi connectivity index (χ3n) is 4.45. The summed E-state index contributed by atoms with van der Waals surface area (Å²) < 4.78 is 5.74. The van der Waals surface area contributed by atoms with Crippen LogP contribution in [0.15, 0.2) is 15.9 Å². The van der Waals surface area contributed by atoms with Crippen molar-refractivity contribution >= 4 is 51.0 Å². The minimum atomic E-state index is -0.866. The number of nitrogens with one attached hydrogen (secondary N) is 1. The van der Waals surface area contributed by atoms with Crippen LogP contribution >= 0.6 is 27.3 Å². The van der Waals surface area contributed by atoms with Crippen molar-refractivity contribution in [1.29, 1.82) is 0 Å². The van der Waals surface area contributed by atoms with Gasteiger partial charge in [0.1, 0.15) is 12.1 Å². The number of esters is 1. The predicted molar refractivity (Wildman–Crippen MR) is 93.4 cm³/mol. The highest BCUT2D eigenvalue weighted by Crippen LogP contribution is 2.33. The molecule has 0 atom stereocenters. The Morgan fingerprint density at radius 2 is 1.96 bits per heavy atom. The van der Waals surface area contributed by atoms with E-state index in [2.05, 4.69) is 21.2 Å². The normalized spacial score (nSPS) is 19.2. The zero-order valence-electron chi connectivity index (χ0n) is 13.4. The van der Waals surface area contributed by atoms with E-state index in [4.69, 9.17) is 4.74 Å². The highest BCUT2D eigenvalue weighted by molar-refractivity contribution is 9.11. The van der Waals surface area contributed by atoms with E-state index in [1.54, 1.807) is 12.1 Å². The summed E-state index contributed by atoms with van der Waals surface area (Å²) in [4.78, 5) is 49.9. The van der Waals surface area contributed by atoms with Gasteiger partial charge in [0.05, 0.1) is 8.66 Å². The number of carbonyl (C=O) groups is 4. The number of urea groups is 1. The van der Waals surface area contributed by atoms with Crippen LogP contribution in [0, 0.1) is 0 Å². The second-order valence-corrected chi connectivity index (χ2v) is 8.61. The molecule has 1 aliphatic carbocycles. The topological polar surface area (TPSA) is 92.8 Å². The first-order valence-electron chi connectivity index (χ1n) is 7.99. The van der Waals surface area contributed by atoms with Gasteiger partial charge in [-0.05, 0) is 40.9 Å². The minimum absolute atomic E-state index is 0.329. The number of hydrogen-bond donors (Lipinski definition) is 1. The molecule has 3 rings (SSSR count). The van der Waals surface area contributed by atoms with Crippen LogP contribution in [0.4, 0.5) is 4.79 Å². The molecule has 2 aliphatic rings. The van der Waals surface area contributed by atoms with E-state index < -0.39 is 30.7 Å². The summed E-state index contributed by atoms with van der Waals surface area (Å²) in [6.45, 7) is -0.894. The van der Waals surface area contributed by atoms with Crippen molar-refractivity contribution < 1.29 is 23.9 Å². The Kier molecular flexibility index (Phi) is 5.24. The van der Waals surface area contributed by atoms with Crippen molar-refractivity contribution in [3.63, 3.8) is 0 Å². The monoisotopic (exact) mass is 428 g/mol. The lowest BCUT2D eigenvalue weighted by Crippen LogP contribution is -2.48. The SMILES string of the molecule is O=C(CN1C(=O)NC2(CCCCC2)C1=O)OCC(=O)c1ccc(Br)s1. The van der Waals surface area contributed by atoms with E-state index in [1.807, 2.05) is 0 Å². The van der Waals surface area contributed by atoms with Gasteiger partial charge in [-0.1, -0.05) is 19.3 Å². The van der Waals surface area contributed by atoms with Crippen LogP contribution in [0.25, 0.3) is 0 Å². The molecule has 0 unspecified atom stereocenters. The number of halogens is 1. The number of amides is 3. The number of ketones is 1. The van der Waals surface area contributed by atoms with E-state index >= 15 is 0 Å². The summed E-state index contributed by atoms with van der Waals surface area (Å²) in [6, 6.07) is 2.79. The zero-order valence-corrected chi connectivity index (χ0v) is 15.8. The Bertz CT molecular complexity index is 726. The van der Waals surface area contributed by atoms with Crippen LogP contribution in [-0.4, -0.2) is 47.3 Å². The van der Waals surface area contributed by atoms with Crippen molar-refractivity contribution in [2.75, 3.05) is 13.2 Å². The lowest BCUT2D eigenvalue weighted by molar-refractivity contribution is -0.147. The average Bonchev–Trinajstić information content (AvgIpc) is 3.11. The second kappa shape index (κ2) is 7.25. The summed E-state index contributed by atoms with van der Waals surface area (Å²) in [5.74, 6) is -1.48. The maximum absolute atomic E-state index is 12.6.